The Morgan fingerprint density at radius 1 is 0.970 bits per heavy atom. The number of nitrogens with one attached hydrogen (secondary N) is 2. The van der Waals surface area contributed by atoms with Gasteiger partial charge in [-0.2, -0.15) is 0 Å². The van der Waals surface area contributed by atoms with Crippen molar-refractivity contribution in [3.63, 3.8) is 0 Å². The predicted molar refractivity (Wildman–Crippen MR) is 133 cm³/mol. The summed E-state index contributed by atoms with van der Waals surface area (Å²) in [4.78, 5) is 16.4. The van der Waals surface area contributed by atoms with Crippen molar-refractivity contribution in [2.45, 2.75) is 37.1 Å². The van der Waals surface area contributed by atoms with Gasteiger partial charge in [0.25, 0.3) is 5.91 Å². The van der Waals surface area contributed by atoms with E-state index in [9.17, 15) is 13.2 Å². The van der Waals surface area contributed by atoms with Gasteiger partial charge in [0.15, 0.2) is 0 Å². The molecular formula is C25H29N3O3S2. The third-order valence-electron chi connectivity index (χ3n) is 5.71. The maximum atomic E-state index is 12.7. The highest BCUT2D eigenvalue weighted by atomic mass is 32.2. The summed E-state index contributed by atoms with van der Waals surface area (Å²) in [6.45, 7) is 3.46. The summed E-state index contributed by atoms with van der Waals surface area (Å²) >= 11 is 1.60. The lowest BCUT2D eigenvalue weighted by Gasteiger charge is -2.26. The molecule has 0 spiro atoms. The van der Waals surface area contributed by atoms with Gasteiger partial charge in [-0.3, -0.25) is 9.69 Å². The molecule has 2 N–H and O–H groups in total. The number of hydrogen-bond acceptors (Lipinski definition) is 5. The van der Waals surface area contributed by atoms with Crippen LogP contribution in [0, 0.1) is 0 Å². The van der Waals surface area contributed by atoms with E-state index in [-0.39, 0.29) is 10.8 Å². The van der Waals surface area contributed by atoms with Gasteiger partial charge in [-0.1, -0.05) is 24.6 Å². The van der Waals surface area contributed by atoms with Crippen molar-refractivity contribution in [3.05, 3.63) is 82.0 Å². The first-order valence-corrected chi connectivity index (χ1v) is 13.6. The zero-order valence-corrected chi connectivity index (χ0v) is 20.1. The number of benzene rings is 2. The summed E-state index contributed by atoms with van der Waals surface area (Å²) in [5, 5.41) is 4.89. The molecule has 1 aromatic heterocycles. The molecule has 0 unspecified atom stereocenters. The minimum Gasteiger partial charge on any atom is -0.322 e. The van der Waals surface area contributed by atoms with E-state index in [1.54, 1.807) is 23.5 Å². The van der Waals surface area contributed by atoms with Gasteiger partial charge in [-0.15, -0.1) is 11.3 Å². The Hall–Kier alpha value is -2.52. The monoisotopic (exact) mass is 483 g/mol. The van der Waals surface area contributed by atoms with Crippen LogP contribution in [-0.2, 0) is 23.0 Å². The number of piperidine rings is 1. The Morgan fingerprint density at radius 3 is 2.48 bits per heavy atom. The summed E-state index contributed by atoms with van der Waals surface area (Å²) in [6, 6.07) is 17.9. The van der Waals surface area contributed by atoms with Crippen molar-refractivity contribution >= 4 is 33.0 Å². The van der Waals surface area contributed by atoms with Gasteiger partial charge >= 0.3 is 0 Å². The summed E-state index contributed by atoms with van der Waals surface area (Å²) in [7, 11) is -3.62. The van der Waals surface area contributed by atoms with Crippen molar-refractivity contribution < 1.29 is 13.2 Å². The Kier molecular flexibility index (Phi) is 7.93. The quantitative estimate of drug-likeness (QED) is 0.470. The number of thiophene rings is 1. The second kappa shape index (κ2) is 11.1. The zero-order valence-electron chi connectivity index (χ0n) is 18.5. The van der Waals surface area contributed by atoms with Crippen LogP contribution in [0.5, 0.6) is 0 Å². The average Bonchev–Trinajstić information content (AvgIpc) is 3.33. The molecule has 0 aliphatic carbocycles. The van der Waals surface area contributed by atoms with Crippen LogP contribution in [0.4, 0.5) is 5.69 Å². The summed E-state index contributed by atoms with van der Waals surface area (Å²) in [5.74, 6) is -0.264. The molecule has 6 nitrogen and oxygen atoms in total. The predicted octanol–water partition coefficient (Wildman–Crippen LogP) is 4.51. The first-order chi connectivity index (χ1) is 16.0. The fraction of sp³-hybridized carbons (Fsp3) is 0.320. The molecule has 0 bridgehead atoms. The third-order valence-corrected chi connectivity index (χ3v) is 8.12. The lowest BCUT2D eigenvalue weighted by molar-refractivity contribution is 0.102. The molecule has 0 radical (unpaired) electrons. The van der Waals surface area contributed by atoms with Crippen LogP contribution in [0.2, 0.25) is 0 Å². The van der Waals surface area contributed by atoms with Crippen molar-refractivity contribution in [1.29, 1.82) is 0 Å². The van der Waals surface area contributed by atoms with E-state index in [2.05, 4.69) is 21.0 Å². The SMILES string of the molecule is O=C(Nc1cccc(CN2CCCCC2)c1)c1ccc(S(=O)(=O)NCCc2cccs2)cc1. The molecule has 1 amide bonds. The fourth-order valence-corrected chi connectivity index (χ4v) is 5.70. The van der Waals surface area contributed by atoms with Crippen molar-refractivity contribution in [1.82, 2.24) is 9.62 Å². The van der Waals surface area contributed by atoms with Gasteiger partial charge in [0, 0.05) is 29.2 Å². The maximum absolute atomic E-state index is 12.7. The summed E-state index contributed by atoms with van der Waals surface area (Å²) in [6.07, 6.45) is 4.44. The number of carbonyl (C=O) groups excluding carboxylic acids is 1. The van der Waals surface area contributed by atoms with E-state index in [0.29, 0.717) is 18.5 Å². The molecule has 1 saturated heterocycles. The van der Waals surface area contributed by atoms with E-state index in [4.69, 9.17) is 0 Å². The summed E-state index contributed by atoms with van der Waals surface area (Å²) in [5.41, 5.74) is 2.32. The number of amides is 1. The highest BCUT2D eigenvalue weighted by molar-refractivity contribution is 7.89. The fourth-order valence-electron chi connectivity index (χ4n) is 3.96. The topological polar surface area (TPSA) is 78.5 Å². The second-order valence-electron chi connectivity index (χ2n) is 8.24. The molecule has 1 fully saturated rings. The Morgan fingerprint density at radius 2 is 1.76 bits per heavy atom. The number of nitrogens with zero attached hydrogens (tertiary/aromatic N) is 1. The van der Waals surface area contributed by atoms with Crippen molar-refractivity contribution in [2.24, 2.45) is 0 Å². The molecule has 174 valence electrons. The molecule has 0 atom stereocenters. The highest BCUT2D eigenvalue weighted by Crippen LogP contribution is 2.18. The molecule has 2 heterocycles. The molecule has 1 aliphatic heterocycles. The highest BCUT2D eigenvalue weighted by Gasteiger charge is 2.15. The number of likely N-dealkylation sites (tertiary alicyclic amines) is 1. The Bertz CT molecular complexity index is 1150. The van der Waals surface area contributed by atoms with Gasteiger partial charge in [-0.25, -0.2) is 13.1 Å². The molecule has 2 aromatic carbocycles. The molecular weight excluding hydrogens is 454 g/mol. The Labute approximate surface area is 199 Å². The number of rotatable bonds is 9. The molecule has 3 aromatic rings. The van der Waals surface area contributed by atoms with Crippen LogP contribution in [0.1, 0.15) is 40.1 Å². The third kappa shape index (κ3) is 6.74. The molecule has 1 aliphatic rings. The molecule has 8 heteroatoms. The van der Waals surface area contributed by atoms with Crippen LogP contribution >= 0.6 is 11.3 Å². The van der Waals surface area contributed by atoms with Crippen LogP contribution in [0.15, 0.2) is 70.9 Å². The van der Waals surface area contributed by atoms with Crippen LogP contribution in [0.25, 0.3) is 0 Å². The number of sulfonamides is 1. The number of hydrogen-bond donors (Lipinski definition) is 2. The smallest absolute Gasteiger partial charge is 0.255 e. The lowest BCUT2D eigenvalue weighted by Crippen LogP contribution is -2.29. The first-order valence-electron chi connectivity index (χ1n) is 11.2. The van der Waals surface area contributed by atoms with Crippen molar-refractivity contribution in [2.75, 3.05) is 25.0 Å². The van der Waals surface area contributed by atoms with Gasteiger partial charge < -0.3 is 5.32 Å². The Balaban J connectivity index is 1.33. The van der Waals surface area contributed by atoms with E-state index in [1.807, 2.05) is 35.7 Å². The summed E-state index contributed by atoms with van der Waals surface area (Å²) < 4.78 is 27.7. The van der Waals surface area contributed by atoms with E-state index >= 15 is 0 Å². The average molecular weight is 484 g/mol. The van der Waals surface area contributed by atoms with E-state index in [0.717, 1.165) is 30.2 Å². The van der Waals surface area contributed by atoms with Crippen LogP contribution < -0.4 is 10.0 Å². The van der Waals surface area contributed by atoms with Gasteiger partial charge in [-0.05, 0) is 85.8 Å². The molecule has 4 rings (SSSR count). The standard InChI is InChI=1S/C25H29N3O3S2/c29-25(27-22-7-4-6-20(18-22)19-28-15-2-1-3-16-28)21-9-11-24(12-10-21)33(30,31)26-14-13-23-8-5-17-32-23/h4-12,17-18,26H,1-3,13-16,19H2,(H,27,29). The zero-order chi connectivity index (χ0) is 23.1. The van der Waals surface area contributed by atoms with Gasteiger partial charge in [0.1, 0.15) is 0 Å². The lowest BCUT2D eigenvalue weighted by atomic mass is 10.1. The molecule has 0 saturated carbocycles. The molecule has 33 heavy (non-hydrogen) atoms. The van der Waals surface area contributed by atoms with Crippen LogP contribution in [0.3, 0.4) is 0 Å². The first kappa shape index (κ1) is 23.6. The number of anilines is 1. The van der Waals surface area contributed by atoms with Gasteiger partial charge in [0.05, 0.1) is 4.90 Å². The minimum absolute atomic E-state index is 0.147. The number of carbonyl (C=O) groups is 1. The largest absolute Gasteiger partial charge is 0.322 e. The normalized spacial score (nSPS) is 14.8. The van der Waals surface area contributed by atoms with E-state index < -0.39 is 10.0 Å². The van der Waals surface area contributed by atoms with E-state index in [1.165, 1.54) is 37.0 Å². The van der Waals surface area contributed by atoms with Crippen LogP contribution in [-0.4, -0.2) is 38.9 Å². The maximum Gasteiger partial charge on any atom is 0.255 e. The van der Waals surface area contributed by atoms with Crippen molar-refractivity contribution in [3.8, 4) is 0 Å². The van der Waals surface area contributed by atoms with Gasteiger partial charge in [0.2, 0.25) is 10.0 Å². The second-order valence-corrected chi connectivity index (χ2v) is 11.0. The minimum atomic E-state index is -3.62.